The summed E-state index contributed by atoms with van der Waals surface area (Å²) in [6, 6.07) is -0.442. The van der Waals surface area contributed by atoms with Crippen molar-refractivity contribution in [3.63, 3.8) is 0 Å². The van der Waals surface area contributed by atoms with E-state index in [0.717, 1.165) is 11.6 Å². The van der Waals surface area contributed by atoms with Gasteiger partial charge in [-0.25, -0.2) is 18.2 Å². The van der Waals surface area contributed by atoms with Gasteiger partial charge < -0.3 is 0 Å². The summed E-state index contributed by atoms with van der Waals surface area (Å²) in [4.78, 5) is 0. The van der Waals surface area contributed by atoms with Gasteiger partial charge in [0.1, 0.15) is 0 Å². The molecule has 0 saturated heterocycles. The van der Waals surface area contributed by atoms with E-state index in [1.807, 2.05) is 0 Å². The van der Waals surface area contributed by atoms with Crippen LogP contribution in [0.1, 0.15) is 44.0 Å². The van der Waals surface area contributed by atoms with E-state index in [0.29, 0.717) is 12.8 Å². The van der Waals surface area contributed by atoms with E-state index in [-0.39, 0.29) is 0 Å². The number of sulfonamides is 1. The van der Waals surface area contributed by atoms with Crippen LogP contribution in [0.5, 0.6) is 0 Å². The quantitative estimate of drug-likeness (QED) is 0.926. The number of nitrogens with two attached hydrogens (primary N) is 1. The molecule has 0 bridgehead atoms. The van der Waals surface area contributed by atoms with E-state index < -0.39 is 38.5 Å². The number of hydrogen-bond donors (Lipinski definition) is 1. The van der Waals surface area contributed by atoms with Crippen LogP contribution in [-0.4, -0.2) is 18.2 Å². The highest BCUT2D eigenvalue weighted by molar-refractivity contribution is 7.89. The lowest BCUT2D eigenvalue weighted by atomic mass is 10.2. The molecular weight excluding hydrogens is 283 g/mol. The molecule has 0 aromatic carbocycles. The predicted molar refractivity (Wildman–Crippen MR) is 63.0 cm³/mol. The fourth-order valence-corrected chi connectivity index (χ4v) is 2.97. The molecule has 5 nitrogen and oxygen atoms in total. The third kappa shape index (κ3) is 3.08. The van der Waals surface area contributed by atoms with Gasteiger partial charge in [0.05, 0.1) is 6.04 Å². The van der Waals surface area contributed by atoms with Crippen molar-refractivity contribution in [1.29, 1.82) is 0 Å². The Morgan fingerprint density at radius 3 is 2.11 bits per heavy atom. The summed E-state index contributed by atoms with van der Waals surface area (Å²) < 4.78 is 62.3. The Balaban J connectivity index is 3.63. The number of aromatic nitrogens is 2. The molecule has 9 heteroatoms. The Morgan fingerprint density at radius 2 is 1.79 bits per heavy atom. The van der Waals surface area contributed by atoms with E-state index in [4.69, 9.17) is 5.14 Å². The average Bonchev–Trinajstić information content (AvgIpc) is 2.57. The van der Waals surface area contributed by atoms with Gasteiger partial charge in [-0.1, -0.05) is 13.8 Å². The lowest BCUT2D eigenvalue weighted by Gasteiger charge is -2.15. The second kappa shape index (κ2) is 5.12. The van der Waals surface area contributed by atoms with Crippen LogP contribution in [0.15, 0.2) is 5.03 Å². The molecular formula is C10H16F3N3O2S. The number of rotatable bonds is 4. The molecule has 0 unspecified atom stereocenters. The molecule has 2 N–H and O–H groups in total. The first-order chi connectivity index (χ1) is 8.54. The maximum absolute atomic E-state index is 12.8. The van der Waals surface area contributed by atoms with Crippen molar-refractivity contribution in [2.75, 3.05) is 0 Å². The lowest BCUT2D eigenvalue weighted by molar-refractivity contribution is -0.142. The Kier molecular flexibility index (Phi) is 4.30. The molecule has 110 valence electrons. The van der Waals surface area contributed by atoms with E-state index in [1.165, 1.54) is 0 Å². The summed E-state index contributed by atoms with van der Waals surface area (Å²) in [5.74, 6) is 0. The number of hydrogen-bond acceptors (Lipinski definition) is 3. The Morgan fingerprint density at radius 1 is 1.32 bits per heavy atom. The predicted octanol–water partition coefficient (Wildman–Crippen LogP) is 2.22. The Bertz CT molecular complexity index is 559. The first kappa shape index (κ1) is 16.0. The van der Waals surface area contributed by atoms with Gasteiger partial charge in [-0.15, -0.1) is 0 Å². The van der Waals surface area contributed by atoms with Crippen molar-refractivity contribution in [1.82, 2.24) is 9.78 Å². The minimum Gasteiger partial charge on any atom is -0.249 e. The van der Waals surface area contributed by atoms with Crippen LogP contribution in [0.3, 0.4) is 0 Å². The van der Waals surface area contributed by atoms with Crippen molar-refractivity contribution >= 4 is 10.0 Å². The van der Waals surface area contributed by atoms with Crippen LogP contribution in [0.2, 0.25) is 0 Å². The average molecular weight is 299 g/mol. The number of primary sulfonamides is 1. The van der Waals surface area contributed by atoms with Gasteiger partial charge in [0.15, 0.2) is 10.7 Å². The Hall–Kier alpha value is -1.09. The maximum Gasteiger partial charge on any atom is 0.435 e. The van der Waals surface area contributed by atoms with E-state index in [1.54, 1.807) is 13.8 Å². The fourth-order valence-electron chi connectivity index (χ4n) is 2.00. The molecule has 0 aliphatic rings. The van der Waals surface area contributed by atoms with E-state index in [2.05, 4.69) is 5.10 Å². The van der Waals surface area contributed by atoms with E-state index >= 15 is 0 Å². The second-order valence-corrected chi connectivity index (χ2v) is 5.71. The van der Waals surface area contributed by atoms with Crippen molar-refractivity contribution in [2.24, 2.45) is 5.14 Å². The van der Waals surface area contributed by atoms with Crippen LogP contribution < -0.4 is 5.14 Å². The molecule has 0 aliphatic heterocycles. The molecule has 1 aromatic rings. The molecule has 0 atom stereocenters. The summed E-state index contributed by atoms with van der Waals surface area (Å²) in [7, 11) is -4.27. The van der Waals surface area contributed by atoms with Crippen LogP contribution in [0.25, 0.3) is 0 Å². The largest absolute Gasteiger partial charge is 0.435 e. The SMILES string of the molecule is CCC(CC)n1nc(C(F)(F)F)c(C)c1S(N)(=O)=O. The normalized spacial score (nSPS) is 13.3. The van der Waals surface area contributed by atoms with Crippen molar-refractivity contribution in [3.05, 3.63) is 11.3 Å². The molecule has 1 rings (SSSR count). The summed E-state index contributed by atoms with van der Waals surface area (Å²) >= 11 is 0. The van der Waals surface area contributed by atoms with Gasteiger partial charge >= 0.3 is 6.18 Å². The molecule has 19 heavy (non-hydrogen) atoms. The monoisotopic (exact) mass is 299 g/mol. The molecule has 1 aromatic heterocycles. The molecule has 0 fully saturated rings. The zero-order valence-electron chi connectivity index (χ0n) is 10.8. The Labute approximate surface area is 109 Å². The first-order valence-electron chi connectivity index (χ1n) is 5.73. The van der Waals surface area contributed by atoms with Crippen molar-refractivity contribution < 1.29 is 21.6 Å². The van der Waals surface area contributed by atoms with Gasteiger partial charge in [-0.2, -0.15) is 18.3 Å². The summed E-state index contributed by atoms with van der Waals surface area (Å²) in [6.45, 7) is 4.55. The molecule has 0 amide bonds. The minimum atomic E-state index is -4.71. The smallest absolute Gasteiger partial charge is 0.249 e. The number of nitrogens with zero attached hydrogens (tertiary/aromatic N) is 2. The highest BCUT2D eigenvalue weighted by atomic mass is 32.2. The topological polar surface area (TPSA) is 78.0 Å². The third-order valence-corrected chi connectivity index (χ3v) is 3.95. The highest BCUT2D eigenvalue weighted by Gasteiger charge is 2.40. The van der Waals surface area contributed by atoms with Gasteiger partial charge in [0, 0.05) is 5.56 Å². The fraction of sp³-hybridized carbons (Fsp3) is 0.700. The minimum absolute atomic E-state index is 0.442. The van der Waals surface area contributed by atoms with Crippen LogP contribution in [0.4, 0.5) is 13.2 Å². The molecule has 0 aliphatic carbocycles. The molecule has 1 heterocycles. The van der Waals surface area contributed by atoms with Gasteiger partial charge in [0.2, 0.25) is 0 Å². The summed E-state index contributed by atoms with van der Waals surface area (Å²) in [6.07, 6.45) is -3.80. The zero-order valence-corrected chi connectivity index (χ0v) is 11.6. The van der Waals surface area contributed by atoms with Gasteiger partial charge in [-0.05, 0) is 19.8 Å². The maximum atomic E-state index is 12.8. The number of alkyl halides is 3. The van der Waals surface area contributed by atoms with Crippen LogP contribution in [0, 0.1) is 6.92 Å². The number of halogens is 3. The summed E-state index contributed by atoms with van der Waals surface area (Å²) in [5.41, 5.74) is -1.66. The van der Waals surface area contributed by atoms with Crippen molar-refractivity contribution in [3.8, 4) is 0 Å². The molecule has 0 radical (unpaired) electrons. The highest BCUT2D eigenvalue weighted by Crippen LogP contribution is 2.35. The lowest BCUT2D eigenvalue weighted by Crippen LogP contribution is -2.21. The second-order valence-electron chi connectivity index (χ2n) is 4.24. The van der Waals surface area contributed by atoms with Gasteiger partial charge in [-0.3, -0.25) is 0 Å². The first-order valence-corrected chi connectivity index (χ1v) is 7.27. The van der Waals surface area contributed by atoms with Crippen LogP contribution >= 0.6 is 0 Å². The zero-order chi connectivity index (χ0) is 15.0. The van der Waals surface area contributed by atoms with Crippen molar-refractivity contribution in [2.45, 2.75) is 50.9 Å². The van der Waals surface area contributed by atoms with Gasteiger partial charge in [0.25, 0.3) is 10.0 Å². The molecule has 0 spiro atoms. The molecule has 0 saturated carbocycles. The summed E-state index contributed by atoms with van der Waals surface area (Å²) in [5, 5.41) is 7.87. The van der Waals surface area contributed by atoms with Crippen LogP contribution in [-0.2, 0) is 16.2 Å². The standard InChI is InChI=1S/C10H16F3N3O2S/c1-4-7(5-2)16-9(19(14,17)18)6(3)8(15-16)10(11,12)13/h7H,4-5H2,1-3H3,(H2,14,17,18). The third-order valence-electron chi connectivity index (χ3n) is 2.92. The van der Waals surface area contributed by atoms with E-state index in [9.17, 15) is 21.6 Å².